The third kappa shape index (κ3) is 2.99. The summed E-state index contributed by atoms with van der Waals surface area (Å²) in [6.07, 6.45) is 0. The molecule has 3 rings (SSSR count). The van der Waals surface area contributed by atoms with Crippen LogP contribution in [0.25, 0.3) is 0 Å². The third-order valence-electron chi connectivity index (χ3n) is 3.52. The van der Waals surface area contributed by atoms with E-state index < -0.39 is 17.6 Å². The number of fused-ring (bicyclic) bond motifs is 1. The zero-order valence-corrected chi connectivity index (χ0v) is 13.9. The van der Waals surface area contributed by atoms with Gasteiger partial charge in [-0.05, 0) is 55.8 Å². The number of nitrogens with zero attached hydrogens (tertiary/aromatic N) is 4. The molecule has 0 saturated carbocycles. The summed E-state index contributed by atoms with van der Waals surface area (Å²) in [5.74, 6) is -0.416. The van der Waals surface area contributed by atoms with E-state index in [0.29, 0.717) is 22.8 Å². The molecule has 0 bridgehead atoms. The second-order valence-electron chi connectivity index (χ2n) is 6.57. The monoisotopic (exact) mass is 331 g/mol. The molecule has 2 aromatic rings. The molecule has 1 aliphatic heterocycles. The van der Waals surface area contributed by atoms with Crippen LogP contribution in [0.1, 0.15) is 39.3 Å². The first-order valence-corrected chi connectivity index (χ1v) is 7.51. The van der Waals surface area contributed by atoms with Gasteiger partial charge in [-0.1, -0.05) is 17.2 Å². The van der Waals surface area contributed by atoms with Gasteiger partial charge in [0, 0.05) is 5.70 Å². The van der Waals surface area contributed by atoms with Gasteiger partial charge in [-0.25, -0.2) is 9.18 Å². The Balaban J connectivity index is 2.10. The number of allylic oxidation sites excluding steroid dienone is 1. The molecule has 0 spiro atoms. The van der Waals surface area contributed by atoms with E-state index in [0.717, 1.165) is 0 Å². The molecule has 1 aromatic heterocycles. The summed E-state index contributed by atoms with van der Waals surface area (Å²) in [5.41, 5.74) is 1.03. The smallest absolute Gasteiger partial charge is 0.338 e. The highest BCUT2D eigenvalue weighted by atomic mass is 19.1. The van der Waals surface area contributed by atoms with Crippen LogP contribution in [0.4, 0.5) is 10.3 Å². The lowest BCUT2D eigenvalue weighted by Gasteiger charge is -2.29. The number of hydrogen-bond acceptors (Lipinski definition) is 6. The highest BCUT2D eigenvalue weighted by Gasteiger charge is 2.36. The Labute approximate surface area is 138 Å². The first kappa shape index (κ1) is 16.1. The van der Waals surface area contributed by atoms with E-state index in [1.165, 1.54) is 16.8 Å². The van der Waals surface area contributed by atoms with Crippen LogP contribution >= 0.6 is 0 Å². The van der Waals surface area contributed by atoms with Gasteiger partial charge >= 0.3 is 5.97 Å². The SMILES string of the molecule is CC1=C(C(=O)OC(C)(C)C)C(c2ccc(F)cc2)n2nnnc2N1. The van der Waals surface area contributed by atoms with Gasteiger partial charge in [-0.2, -0.15) is 4.68 Å². The molecule has 1 aromatic carbocycles. The number of carbonyl (C=O) groups is 1. The van der Waals surface area contributed by atoms with Gasteiger partial charge in [-0.3, -0.25) is 0 Å². The first-order valence-electron chi connectivity index (χ1n) is 7.51. The first-order chi connectivity index (χ1) is 11.3. The van der Waals surface area contributed by atoms with Crippen molar-refractivity contribution < 1.29 is 13.9 Å². The van der Waals surface area contributed by atoms with Crippen LogP contribution in [0.2, 0.25) is 0 Å². The lowest BCUT2D eigenvalue weighted by atomic mass is 9.95. The van der Waals surface area contributed by atoms with Crippen molar-refractivity contribution in [3.05, 3.63) is 46.9 Å². The van der Waals surface area contributed by atoms with E-state index in [-0.39, 0.29) is 5.82 Å². The van der Waals surface area contributed by atoms with Crippen molar-refractivity contribution in [2.45, 2.75) is 39.3 Å². The molecule has 0 amide bonds. The molecule has 126 valence electrons. The van der Waals surface area contributed by atoms with Crippen LogP contribution in [0, 0.1) is 5.82 Å². The fraction of sp³-hybridized carbons (Fsp3) is 0.375. The topological polar surface area (TPSA) is 81.9 Å². The Morgan fingerprint density at radius 2 is 1.96 bits per heavy atom. The maximum Gasteiger partial charge on any atom is 0.338 e. The van der Waals surface area contributed by atoms with E-state index in [1.807, 2.05) is 0 Å². The van der Waals surface area contributed by atoms with Gasteiger partial charge < -0.3 is 10.1 Å². The fourth-order valence-corrected chi connectivity index (χ4v) is 2.56. The summed E-state index contributed by atoms with van der Waals surface area (Å²) in [6, 6.07) is 5.29. The van der Waals surface area contributed by atoms with Crippen molar-refractivity contribution in [3.8, 4) is 0 Å². The predicted molar refractivity (Wildman–Crippen MR) is 84.5 cm³/mol. The summed E-state index contributed by atoms with van der Waals surface area (Å²) in [5, 5.41) is 14.5. The standard InChI is InChI=1S/C16H18FN5O2/c1-9-12(14(23)24-16(2,3)4)13(10-5-7-11(17)8-6-10)22-15(18-9)19-20-21-22/h5-8,13H,1-4H3,(H,18,19,21). The number of tetrazole rings is 1. The molecule has 24 heavy (non-hydrogen) atoms. The van der Waals surface area contributed by atoms with Gasteiger partial charge in [0.15, 0.2) is 0 Å². The Morgan fingerprint density at radius 1 is 1.29 bits per heavy atom. The molecule has 7 nitrogen and oxygen atoms in total. The highest BCUT2D eigenvalue weighted by molar-refractivity contribution is 5.92. The van der Waals surface area contributed by atoms with Crippen LogP contribution < -0.4 is 5.32 Å². The van der Waals surface area contributed by atoms with Crippen molar-refractivity contribution >= 4 is 11.9 Å². The Kier molecular flexibility index (Phi) is 3.82. The van der Waals surface area contributed by atoms with Crippen molar-refractivity contribution in [1.82, 2.24) is 20.2 Å². The number of benzene rings is 1. The molecular weight excluding hydrogens is 313 g/mol. The number of anilines is 1. The van der Waals surface area contributed by atoms with E-state index in [4.69, 9.17) is 4.74 Å². The number of rotatable bonds is 2. The van der Waals surface area contributed by atoms with Crippen LogP contribution in [-0.4, -0.2) is 31.8 Å². The Hall–Kier alpha value is -2.77. The highest BCUT2D eigenvalue weighted by Crippen LogP contribution is 2.35. The summed E-state index contributed by atoms with van der Waals surface area (Å²) < 4.78 is 20.3. The second-order valence-corrected chi connectivity index (χ2v) is 6.57. The predicted octanol–water partition coefficient (Wildman–Crippen LogP) is 2.44. The number of nitrogens with one attached hydrogen (secondary N) is 1. The molecule has 8 heteroatoms. The molecule has 1 N–H and O–H groups in total. The molecule has 0 radical (unpaired) electrons. The minimum absolute atomic E-state index is 0.357. The van der Waals surface area contributed by atoms with E-state index in [2.05, 4.69) is 20.8 Å². The summed E-state index contributed by atoms with van der Waals surface area (Å²) in [4.78, 5) is 12.7. The van der Waals surface area contributed by atoms with Gasteiger partial charge in [0.2, 0.25) is 5.95 Å². The van der Waals surface area contributed by atoms with Crippen molar-refractivity contribution in [2.24, 2.45) is 0 Å². The Morgan fingerprint density at radius 3 is 2.58 bits per heavy atom. The normalized spacial score (nSPS) is 17.3. The summed E-state index contributed by atoms with van der Waals surface area (Å²) in [7, 11) is 0. The number of hydrogen-bond donors (Lipinski definition) is 1. The molecule has 0 aliphatic carbocycles. The van der Waals surface area contributed by atoms with Crippen molar-refractivity contribution in [1.29, 1.82) is 0 Å². The van der Waals surface area contributed by atoms with Crippen LogP contribution in [0.15, 0.2) is 35.5 Å². The minimum atomic E-state index is -0.640. The zero-order valence-electron chi connectivity index (χ0n) is 13.9. The van der Waals surface area contributed by atoms with Gasteiger partial charge in [0.1, 0.15) is 17.5 Å². The average molecular weight is 331 g/mol. The molecule has 1 unspecified atom stereocenters. The van der Waals surface area contributed by atoms with Crippen LogP contribution in [0.5, 0.6) is 0 Å². The number of halogens is 1. The van der Waals surface area contributed by atoms with Crippen molar-refractivity contribution in [2.75, 3.05) is 5.32 Å². The summed E-state index contributed by atoms with van der Waals surface area (Å²) >= 11 is 0. The quantitative estimate of drug-likeness (QED) is 0.851. The van der Waals surface area contributed by atoms with Gasteiger partial charge in [-0.15, -0.1) is 0 Å². The number of ether oxygens (including phenoxy) is 1. The number of aromatic nitrogens is 4. The maximum atomic E-state index is 13.3. The minimum Gasteiger partial charge on any atom is -0.456 e. The lowest BCUT2D eigenvalue weighted by molar-refractivity contribution is -0.150. The molecule has 0 fully saturated rings. The van der Waals surface area contributed by atoms with Crippen LogP contribution in [0.3, 0.4) is 0 Å². The molecule has 0 saturated heterocycles. The van der Waals surface area contributed by atoms with Gasteiger partial charge in [0.05, 0.1) is 5.57 Å². The zero-order chi connectivity index (χ0) is 17.5. The van der Waals surface area contributed by atoms with E-state index in [1.54, 1.807) is 39.8 Å². The number of esters is 1. The molecule has 1 atom stereocenters. The van der Waals surface area contributed by atoms with Gasteiger partial charge in [0.25, 0.3) is 0 Å². The molecule has 2 heterocycles. The Bertz CT molecular complexity index is 805. The van der Waals surface area contributed by atoms with E-state index in [9.17, 15) is 9.18 Å². The van der Waals surface area contributed by atoms with E-state index >= 15 is 0 Å². The molecular formula is C16H18FN5O2. The third-order valence-corrected chi connectivity index (χ3v) is 3.52. The van der Waals surface area contributed by atoms with Crippen molar-refractivity contribution in [3.63, 3.8) is 0 Å². The second kappa shape index (κ2) is 5.70. The molecule has 1 aliphatic rings. The summed E-state index contributed by atoms with van der Waals surface area (Å²) in [6.45, 7) is 7.15. The lowest BCUT2D eigenvalue weighted by Crippen LogP contribution is -2.33. The largest absolute Gasteiger partial charge is 0.456 e. The fourth-order valence-electron chi connectivity index (χ4n) is 2.56. The maximum absolute atomic E-state index is 13.3. The van der Waals surface area contributed by atoms with Crippen LogP contribution in [-0.2, 0) is 9.53 Å². The average Bonchev–Trinajstić information content (AvgIpc) is 2.92. The number of carbonyl (C=O) groups excluding carboxylic acids is 1.